The van der Waals surface area contributed by atoms with Crippen LogP contribution >= 0.6 is 23.2 Å². The highest BCUT2D eigenvalue weighted by Gasteiger charge is 2.34. The van der Waals surface area contributed by atoms with Crippen LogP contribution < -0.4 is 5.32 Å². The zero-order valence-corrected chi connectivity index (χ0v) is 26.5. The van der Waals surface area contributed by atoms with Crippen LogP contribution in [0.25, 0.3) is 11.6 Å². The van der Waals surface area contributed by atoms with Crippen molar-refractivity contribution in [2.24, 2.45) is 0 Å². The van der Waals surface area contributed by atoms with Crippen molar-refractivity contribution >= 4 is 62.2 Å². The van der Waals surface area contributed by atoms with Gasteiger partial charge < -0.3 is 20.1 Å². The number of aromatic amines is 1. The van der Waals surface area contributed by atoms with E-state index in [1.165, 1.54) is 31.0 Å². The third-order valence-corrected chi connectivity index (χ3v) is 11.0. The Morgan fingerprint density at radius 1 is 1.05 bits per heavy atom. The monoisotopic (exact) mass is 640 g/mol. The van der Waals surface area contributed by atoms with Gasteiger partial charge in [0.2, 0.25) is 0 Å². The zero-order valence-electron chi connectivity index (χ0n) is 24.2. The average molecular weight is 642 g/mol. The second kappa shape index (κ2) is 11.8. The number of anilines is 1. The number of carbonyl (C=O) groups excluding carboxylic acids is 2. The Morgan fingerprint density at radius 2 is 1.81 bits per heavy atom. The number of rotatable bonds is 7. The molecule has 2 aromatic carbocycles. The molecule has 1 aromatic heterocycles. The Balaban J connectivity index is 1.29. The van der Waals surface area contributed by atoms with Gasteiger partial charge in [0.1, 0.15) is 0 Å². The van der Waals surface area contributed by atoms with E-state index in [2.05, 4.69) is 15.2 Å². The molecule has 2 amide bonds. The quantitative estimate of drug-likeness (QED) is 0.304. The Kier molecular flexibility index (Phi) is 8.19. The van der Waals surface area contributed by atoms with Gasteiger partial charge in [0.15, 0.2) is 9.84 Å². The molecule has 3 aliphatic rings. The summed E-state index contributed by atoms with van der Waals surface area (Å²) in [6, 6.07) is 9.50. The predicted molar refractivity (Wildman–Crippen MR) is 170 cm³/mol. The van der Waals surface area contributed by atoms with Crippen LogP contribution in [-0.2, 0) is 20.4 Å². The van der Waals surface area contributed by atoms with Gasteiger partial charge in [0.05, 0.1) is 21.8 Å². The van der Waals surface area contributed by atoms with Gasteiger partial charge in [-0.3, -0.25) is 9.59 Å². The van der Waals surface area contributed by atoms with Crippen molar-refractivity contribution in [3.8, 4) is 0 Å². The summed E-state index contributed by atoms with van der Waals surface area (Å²) in [7, 11) is -3.80. The van der Waals surface area contributed by atoms with E-state index in [9.17, 15) is 18.0 Å². The van der Waals surface area contributed by atoms with Crippen LogP contribution in [0.3, 0.4) is 0 Å². The number of nitrogens with one attached hydrogen (secondary N) is 2. The molecule has 2 saturated heterocycles. The van der Waals surface area contributed by atoms with Crippen molar-refractivity contribution in [2.75, 3.05) is 31.5 Å². The lowest BCUT2D eigenvalue weighted by Crippen LogP contribution is -2.42. The van der Waals surface area contributed by atoms with Gasteiger partial charge in [-0.15, -0.1) is 0 Å². The lowest BCUT2D eigenvalue weighted by Gasteiger charge is -2.28. The topological polar surface area (TPSA) is 103 Å². The lowest BCUT2D eigenvalue weighted by molar-refractivity contribution is -0.110. The summed E-state index contributed by atoms with van der Waals surface area (Å²) in [5, 5.41) is 3.53. The first-order valence-corrected chi connectivity index (χ1v) is 17.0. The average Bonchev–Trinajstić information content (AvgIpc) is 3.75. The first kappa shape index (κ1) is 29.9. The normalized spacial score (nSPS) is 19.8. The smallest absolute Gasteiger partial charge is 0.256 e. The molecule has 0 bridgehead atoms. The molecule has 1 atom stereocenters. The van der Waals surface area contributed by atoms with Crippen LogP contribution in [0.5, 0.6) is 0 Å². The molecule has 8 nitrogen and oxygen atoms in total. The number of hydrogen-bond acceptors (Lipinski definition) is 5. The van der Waals surface area contributed by atoms with E-state index in [-0.39, 0.29) is 28.5 Å². The molecule has 43 heavy (non-hydrogen) atoms. The minimum Gasteiger partial charge on any atom is -0.358 e. The van der Waals surface area contributed by atoms with Crippen molar-refractivity contribution in [1.82, 2.24) is 14.8 Å². The number of H-pyrrole nitrogens is 1. The predicted octanol–water partition coefficient (Wildman–Crippen LogP) is 6.11. The van der Waals surface area contributed by atoms with Gasteiger partial charge in [-0.2, -0.15) is 0 Å². The first-order valence-electron chi connectivity index (χ1n) is 14.6. The number of hydrogen-bond donors (Lipinski definition) is 2. The molecule has 0 saturated carbocycles. The number of nitrogens with zero attached hydrogens (tertiary/aromatic N) is 2. The minimum atomic E-state index is -3.80. The van der Waals surface area contributed by atoms with Gasteiger partial charge in [-0.1, -0.05) is 23.2 Å². The third kappa shape index (κ3) is 5.88. The summed E-state index contributed by atoms with van der Waals surface area (Å²) < 4.78 is 26.7. The van der Waals surface area contributed by atoms with E-state index >= 15 is 0 Å². The number of likely N-dealkylation sites (tertiary alicyclic amines) is 2. The molecule has 0 aliphatic carbocycles. The van der Waals surface area contributed by atoms with Gasteiger partial charge in [-0.25, -0.2) is 8.42 Å². The fourth-order valence-electron chi connectivity index (χ4n) is 6.53. The molecule has 2 fully saturated rings. The summed E-state index contributed by atoms with van der Waals surface area (Å²) in [5.74, 6) is -0.657. The maximum absolute atomic E-state index is 13.8. The number of aromatic nitrogens is 1. The minimum absolute atomic E-state index is 0.0157. The molecule has 4 heterocycles. The van der Waals surface area contributed by atoms with Crippen LogP contribution in [-0.4, -0.2) is 67.2 Å². The Labute approximate surface area is 262 Å². The third-order valence-electron chi connectivity index (χ3n) is 8.77. The fourth-order valence-corrected chi connectivity index (χ4v) is 8.38. The first-order chi connectivity index (χ1) is 20.5. The van der Waals surface area contributed by atoms with Crippen LogP contribution in [0, 0.1) is 13.8 Å². The molecule has 2 N–H and O–H groups in total. The van der Waals surface area contributed by atoms with Crippen molar-refractivity contribution in [3.05, 3.63) is 80.1 Å². The molecule has 11 heteroatoms. The van der Waals surface area contributed by atoms with Gasteiger partial charge >= 0.3 is 0 Å². The Bertz CT molecular complexity index is 1760. The van der Waals surface area contributed by atoms with Gasteiger partial charge in [0.25, 0.3) is 11.8 Å². The van der Waals surface area contributed by atoms with Crippen LogP contribution in [0.1, 0.15) is 64.1 Å². The van der Waals surface area contributed by atoms with E-state index in [0.29, 0.717) is 43.7 Å². The van der Waals surface area contributed by atoms with E-state index in [4.69, 9.17) is 23.2 Å². The highest BCUT2D eigenvalue weighted by molar-refractivity contribution is 7.90. The van der Waals surface area contributed by atoms with Crippen LogP contribution in [0.15, 0.2) is 41.3 Å². The number of benzene rings is 2. The Morgan fingerprint density at radius 3 is 2.58 bits per heavy atom. The molecule has 3 aliphatic heterocycles. The Hall–Kier alpha value is -3.11. The van der Waals surface area contributed by atoms with E-state index < -0.39 is 9.84 Å². The van der Waals surface area contributed by atoms with Gasteiger partial charge in [-0.05, 0) is 106 Å². The van der Waals surface area contributed by atoms with Crippen molar-refractivity contribution in [2.45, 2.75) is 56.2 Å². The van der Waals surface area contributed by atoms with Crippen LogP contribution in [0.2, 0.25) is 10.0 Å². The largest absolute Gasteiger partial charge is 0.358 e. The maximum Gasteiger partial charge on any atom is 0.256 e. The highest BCUT2D eigenvalue weighted by Crippen LogP contribution is 2.37. The molecule has 6 rings (SSSR count). The van der Waals surface area contributed by atoms with E-state index in [0.717, 1.165) is 50.3 Å². The summed E-state index contributed by atoms with van der Waals surface area (Å²) in [6.45, 7) is 7.61. The maximum atomic E-state index is 13.8. The van der Waals surface area contributed by atoms with Gasteiger partial charge in [0, 0.05) is 51.8 Å². The van der Waals surface area contributed by atoms with E-state index in [1.807, 2.05) is 18.7 Å². The SMILES string of the molecule is Cc1[nH]c(/C=C2\C(=O)Nc3ccc(S(=O)(=O)Cc4cc(Cl)ccc4Cl)cc32)c(C)c1C(=O)N1CCC[C@H]1CN1CCCC1. The number of fused-ring (bicyclic) bond motifs is 1. The summed E-state index contributed by atoms with van der Waals surface area (Å²) in [4.78, 5) is 34.8. The summed E-state index contributed by atoms with van der Waals surface area (Å²) >= 11 is 12.3. The fraction of sp³-hybridized carbons (Fsp3) is 0.375. The van der Waals surface area contributed by atoms with Crippen LogP contribution in [0.4, 0.5) is 5.69 Å². The van der Waals surface area contributed by atoms with Crippen molar-refractivity contribution in [1.29, 1.82) is 0 Å². The number of amides is 2. The van der Waals surface area contributed by atoms with Crippen molar-refractivity contribution < 1.29 is 18.0 Å². The molecule has 0 spiro atoms. The number of sulfone groups is 1. The zero-order chi connectivity index (χ0) is 30.5. The van der Waals surface area contributed by atoms with Crippen molar-refractivity contribution in [3.63, 3.8) is 0 Å². The molecular weight excluding hydrogens is 607 g/mol. The molecule has 0 unspecified atom stereocenters. The second-order valence-electron chi connectivity index (χ2n) is 11.7. The molecule has 226 valence electrons. The summed E-state index contributed by atoms with van der Waals surface area (Å²) in [6.07, 6.45) is 6.14. The number of aryl methyl sites for hydroxylation is 1. The number of halogens is 2. The molecule has 0 radical (unpaired) electrons. The van der Waals surface area contributed by atoms with E-state index in [1.54, 1.807) is 24.3 Å². The number of carbonyl (C=O) groups is 2. The lowest BCUT2D eigenvalue weighted by atomic mass is 10.0. The summed E-state index contributed by atoms with van der Waals surface area (Å²) in [5.41, 5.74) is 4.51. The molecular formula is C32H34Cl2N4O4S. The highest BCUT2D eigenvalue weighted by atomic mass is 35.5. The standard InChI is InChI=1S/C32H34Cl2N4O4S/c1-19-29(35-20(2)30(19)32(40)38-13-5-6-23(38)17-37-11-3-4-12-37)16-26-25-15-24(8-10-28(25)36-31(26)39)43(41,42)18-21-14-22(33)7-9-27(21)34/h7-10,14-16,23,35H,3-6,11-13,17-18H2,1-2H3,(H,36,39)/b26-16-/t23-/m0/s1. The second-order valence-corrected chi connectivity index (χ2v) is 14.5. The molecule has 3 aromatic rings.